The first-order valence-corrected chi connectivity index (χ1v) is 6.87. The van der Waals surface area contributed by atoms with Gasteiger partial charge in [-0.25, -0.2) is 0 Å². The summed E-state index contributed by atoms with van der Waals surface area (Å²) in [6.45, 7) is 9.06. The van der Waals surface area contributed by atoms with Crippen molar-refractivity contribution in [2.45, 2.75) is 40.5 Å². The molecule has 100 valence electrons. The third kappa shape index (κ3) is 3.09. The van der Waals surface area contributed by atoms with Crippen molar-refractivity contribution in [3.8, 4) is 12.3 Å². The molecule has 1 aliphatic rings. The maximum Gasteiger partial charge on any atom is 0.242 e. The smallest absolute Gasteiger partial charge is 0.242 e. The second-order valence-electron chi connectivity index (χ2n) is 5.79. The normalized spacial score (nSPS) is 22.6. The van der Waals surface area contributed by atoms with Crippen LogP contribution in [0.3, 0.4) is 0 Å². The van der Waals surface area contributed by atoms with Crippen LogP contribution in [0.5, 0.6) is 0 Å². The van der Waals surface area contributed by atoms with Gasteiger partial charge in [-0.3, -0.25) is 4.79 Å². The maximum atomic E-state index is 11.9. The predicted molar refractivity (Wildman–Crippen MR) is 76.1 cm³/mol. The van der Waals surface area contributed by atoms with Crippen LogP contribution in [0.2, 0.25) is 0 Å². The zero-order valence-corrected chi connectivity index (χ0v) is 12.5. The summed E-state index contributed by atoms with van der Waals surface area (Å²) < 4.78 is 0. The number of terminal acetylenes is 1. The van der Waals surface area contributed by atoms with E-state index in [4.69, 9.17) is 18.0 Å². The molecule has 1 unspecified atom stereocenters. The van der Waals surface area contributed by atoms with Crippen molar-refractivity contribution in [3.63, 3.8) is 0 Å². The Morgan fingerprint density at radius 3 is 2.72 bits per heavy atom. The van der Waals surface area contributed by atoms with Crippen LogP contribution in [0.4, 0.5) is 0 Å². The molecule has 0 aliphatic heterocycles. The van der Waals surface area contributed by atoms with E-state index < -0.39 is 0 Å². The number of hydrogen-bond acceptors (Lipinski definition) is 1. The third-order valence-corrected chi connectivity index (χ3v) is 4.07. The molecule has 0 N–H and O–H groups in total. The summed E-state index contributed by atoms with van der Waals surface area (Å²) in [6.07, 6.45) is 7.41. The number of alkyl halides is 1. The highest BCUT2D eigenvalue weighted by Gasteiger charge is 2.34. The van der Waals surface area contributed by atoms with E-state index in [0.717, 1.165) is 18.5 Å². The van der Waals surface area contributed by atoms with E-state index in [-0.39, 0.29) is 17.2 Å². The highest BCUT2D eigenvalue weighted by Crippen LogP contribution is 2.43. The fourth-order valence-corrected chi connectivity index (χ4v) is 2.92. The zero-order chi connectivity index (χ0) is 13.9. The minimum atomic E-state index is -0.103. The molecule has 18 heavy (non-hydrogen) atoms. The van der Waals surface area contributed by atoms with Gasteiger partial charge in [0, 0.05) is 5.70 Å². The summed E-state index contributed by atoms with van der Waals surface area (Å²) in [5.74, 6) is 2.99. The van der Waals surface area contributed by atoms with Gasteiger partial charge in [-0.1, -0.05) is 26.7 Å². The van der Waals surface area contributed by atoms with Crippen molar-refractivity contribution in [1.82, 2.24) is 4.90 Å². The van der Waals surface area contributed by atoms with E-state index in [1.54, 1.807) is 4.90 Å². The van der Waals surface area contributed by atoms with Gasteiger partial charge in [0.2, 0.25) is 5.91 Å². The molecule has 0 saturated carbocycles. The average Bonchev–Trinajstić information content (AvgIpc) is 2.29. The van der Waals surface area contributed by atoms with Crippen LogP contribution in [0, 0.1) is 23.7 Å². The fraction of sp³-hybridized carbons (Fsp3) is 0.667. The average molecular weight is 268 g/mol. The van der Waals surface area contributed by atoms with Crippen LogP contribution in [0.1, 0.15) is 40.5 Å². The molecule has 0 spiro atoms. The third-order valence-electron chi connectivity index (χ3n) is 3.84. The molecule has 0 heterocycles. The van der Waals surface area contributed by atoms with E-state index in [0.29, 0.717) is 12.5 Å². The van der Waals surface area contributed by atoms with Gasteiger partial charge in [0.05, 0.1) is 6.54 Å². The van der Waals surface area contributed by atoms with Crippen LogP contribution >= 0.6 is 11.6 Å². The molecule has 0 aromatic rings. The van der Waals surface area contributed by atoms with Gasteiger partial charge in [0.25, 0.3) is 0 Å². The van der Waals surface area contributed by atoms with Gasteiger partial charge >= 0.3 is 0 Å². The summed E-state index contributed by atoms with van der Waals surface area (Å²) in [6, 6.07) is 0. The molecular weight excluding hydrogens is 246 g/mol. The van der Waals surface area contributed by atoms with Gasteiger partial charge in [-0.15, -0.1) is 18.0 Å². The standard InChI is InChI=1S/C15H22ClNO/c1-6-7-17(14(18)10-16)13-8-11(2)9-15(4,5)12(13)3/h1,11H,7-10H2,2-5H3. The monoisotopic (exact) mass is 267 g/mol. The second-order valence-corrected chi connectivity index (χ2v) is 6.05. The number of halogens is 1. The number of carbonyl (C=O) groups is 1. The summed E-state index contributed by atoms with van der Waals surface area (Å²) in [7, 11) is 0. The topological polar surface area (TPSA) is 20.3 Å². The lowest BCUT2D eigenvalue weighted by Gasteiger charge is -2.40. The Morgan fingerprint density at radius 2 is 2.22 bits per heavy atom. The van der Waals surface area contributed by atoms with Crippen LogP contribution < -0.4 is 0 Å². The van der Waals surface area contributed by atoms with Crippen molar-refractivity contribution >= 4 is 17.5 Å². The Morgan fingerprint density at radius 1 is 1.61 bits per heavy atom. The van der Waals surface area contributed by atoms with Crippen LogP contribution in [0.15, 0.2) is 11.3 Å². The molecule has 1 amide bonds. The summed E-state index contributed by atoms with van der Waals surface area (Å²) >= 11 is 5.67. The van der Waals surface area contributed by atoms with Gasteiger partial charge in [-0.2, -0.15) is 0 Å². The van der Waals surface area contributed by atoms with Gasteiger partial charge < -0.3 is 4.90 Å². The van der Waals surface area contributed by atoms with E-state index in [9.17, 15) is 4.79 Å². The Labute approximate surface area is 115 Å². The number of carbonyl (C=O) groups excluding carboxylic acids is 1. The first-order chi connectivity index (χ1) is 8.33. The minimum absolute atomic E-state index is 0.0206. The van der Waals surface area contributed by atoms with Gasteiger partial charge in [0.15, 0.2) is 0 Å². The van der Waals surface area contributed by atoms with Crippen molar-refractivity contribution < 1.29 is 4.79 Å². The van der Waals surface area contributed by atoms with Crippen LogP contribution in [0.25, 0.3) is 0 Å². The molecule has 3 heteroatoms. The first kappa shape index (κ1) is 15.1. The number of amides is 1. The van der Waals surface area contributed by atoms with Crippen molar-refractivity contribution in [1.29, 1.82) is 0 Å². The van der Waals surface area contributed by atoms with Crippen LogP contribution in [-0.2, 0) is 4.79 Å². The van der Waals surface area contributed by atoms with Gasteiger partial charge in [0.1, 0.15) is 5.88 Å². The van der Waals surface area contributed by atoms with Crippen LogP contribution in [-0.4, -0.2) is 23.2 Å². The van der Waals surface area contributed by atoms with Crippen molar-refractivity contribution in [2.75, 3.05) is 12.4 Å². The SMILES string of the molecule is C#CCN(C(=O)CCl)C1=C(C)C(C)(C)CC(C)C1. The molecule has 2 nitrogen and oxygen atoms in total. The quantitative estimate of drug-likeness (QED) is 0.567. The summed E-state index contributed by atoms with van der Waals surface area (Å²) in [5.41, 5.74) is 2.45. The first-order valence-electron chi connectivity index (χ1n) is 6.33. The zero-order valence-electron chi connectivity index (χ0n) is 11.7. The minimum Gasteiger partial charge on any atom is -0.304 e. The summed E-state index contributed by atoms with van der Waals surface area (Å²) in [4.78, 5) is 13.6. The number of hydrogen-bond donors (Lipinski definition) is 0. The maximum absolute atomic E-state index is 11.9. The molecule has 0 aromatic carbocycles. The van der Waals surface area contributed by atoms with E-state index in [2.05, 4.69) is 33.6 Å². The lowest BCUT2D eigenvalue weighted by Crippen LogP contribution is -2.37. The number of rotatable bonds is 3. The Hall–Kier alpha value is -0.940. The molecule has 0 radical (unpaired) electrons. The Balaban J connectivity index is 3.17. The Kier molecular flexibility index (Phi) is 4.87. The molecule has 1 aliphatic carbocycles. The largest absolute Gasteiger partial charge is 0.304 e. The van der Waals surface area contributed by atoms with E-state index in [1.165, 1.54) is 5.57 Å². The molecule has 1 rings (SSSR count). The highest BCUT2D eigenvalue weighted by molar-refractivity contribution is 6.27. The summed E-state index contributed by atoms with van der Waals surface area (Å²) in [5, 5.41) is 0. The molecule has 0 saturated heterocycles. The molecule has 0 bridgehead atoms. The number of nitrogens with zero attached hydrogens (tertiary/aromatic N) is 1. The van der Waals surface area contributed by atoms with Crippen molar-refractivity contribution in [2.24, 2.45) is 11.3 Å². The lowest BCUT2D eigenvalue weighted by molar-refractivity contribution is -0.126. The highest BCUT2D eigenvalue weighted by atomic mass is 35.5. The second kappa shape index (κ2) is 5.80. The van der Waals surface area contributed by atoms with Gasteiger partial charge in [-0.05, 0) is 36.7 Å². The molecular formula is C15H22ClNO. The number of allylic oxidation sites excluding steroid dienone is 2. The van der Waals surface area contributed by atoms with E-state index >= 15 is 0 Å². The van der Waals surface area contributed by atoms with Crippen molar-refractivity contribution in [3.05, 3.63) is 11.3 Å². The Bertz CT molecular complexity index is 403. The predicted octanol–water partition coefficient (Wildman–Crippen LogP) is 3.42. The molecule has 1 atom stereocenters. The van der Waals surface area contributed by atoms with E-state index in [1.807, 2.05) is 0 Å². The lowest BCUT2D eigenvalue weighted by atomic mass is 9.71. The molecule has 0 aromatic heterocycles. The fourth-order valence-electron chi connectivity index (χ4n) is 2.78. The molecule has 0 fully saturated rings.